The van der Waals surface area contributed by atoms with E-state index in [1.807, 2.05) is 11.3 Å². The third kappa shape index (κ3) is 7.45. The molecule has 0 N–H and O–H groups in total. The van der Waals surface area contributed by atoms with Gasteiger partial charge in [0.1, 0.15) is 0 Å². The molecule has 1 heterocycles. The monoisotopic (exact) mass is 318 g/mol. The van der Waals surface area contributed by atoms with E-state index in [1.165, 1.54) is 65.5 Å². The molecule has 0 aliphatic rings. The van der Waals surface area contributed by atoms with Crippen molar-refractivity contribution in [3.05, 3.63) is 34.7 Å². The van der Waals surface area contributed by atoms with Gasteiger partial charge in [-0.25, -0.2) is 0 Å². The van der Waals surface area contributed by atoms with E-state index in [4.69, 9.17) is 0 Å². The smallest absolute Gasteiger partial charge is 0.0348 e. The Bertz CT molecular complexity index is 522. The number of aryl methyl sites for hydroxylation is 2. The van der Waals surface area contributed by atoms with E-state index in [9.17, 15) is 0 Å². The van der Waals surface area contributed by atoms with Gasteiger partial charge in [0.2, 0.25) is 0 Å². The fourth-order valence-electron chi connectivity index (χ4n) is 2.60. The van der Waals surface area contributed by atoms with E-state index in [1.54, 1.807) is 0 Å². The van der Waals surface area contributed by atoms with Crippen LogP contribution in [0.15, 0.2) is 24.3 Å². The third-order valence-electron chi connectivity index (χ3n) is 3.70. The van der Waals surface area contributed by atoms with Crippen LogP contribution in [0.4, 0.5) is 0 Å². The molecule has 0 saturated carbocycles. The molecule has 0 amide bonds. The second-order valence-electron chi connectivity index (χ2n) is 6.78. The second-order valence-corrected chi connectivity index (χ2v) is 8.07. The van der Waals surface area contributed by atoms with Gasteiger partial charge in [0.25, 0.3) is 0 Å². The van der Waals surface area contributed by atoms with Crippen molar-refractivity contribution in [3.8, 4) is 0 Å². The van der Waals surface area contributed by atoms with Gasteiger partial charge in [-0.1, -0.05) is 71.9 Å². The summed E-state index contributed by atoms with van der Waals surface area (Å²) in [5, 5.41) is 1.41. The molecule has 124 valence electrons. The Balaban J connectivity index is 0.000000745. The molecule has 0 atom stereocenters. The summed E-state index contributed by atoms with van der Waals surface area (Å²) in [6.45, 7) is 11.1. The first-order chi connectivity index (χ1) is 10.6. The van der Waals surface area contributed by atoms with E-state index < -0.39 is 0 Å². The van der Waals surface area contributed by atoms with Gasteiger partial charge < -0.3 is 0 Å². The molecule has 1 aromatic carbocycles. The van der Waals surface area contributed by atoms with Crippen LogP contribution in [0.1, 0.15) is 76.7 Å². The van der Waals surface area contributed by atoms with Crippen molar-refractivity contribution in [1.29, 1.82) is 0 Å². The van der Waals surface area contributed by atoms with Crippen LogP contribution in [-0.4, -0.2) is 0 Å². The summed E-state index contributed by atoms with van der Waals surface area (Å²) in [5.41, 5.74) is 1.51. The maximum atomic E-state index is 2.39. The van der Waals surface area contributed by atoms with Crippen molar-refractivity contribution in [3.63, 3.8) is 0 Å². The lowest BCUT2D eigenvalue weighted by Crippen LogP contribution is -1.89. The van der Waals surface area contributed by atoms with E-state index in [2.05, 4.69) is 58.9 Å². The summed E-state index contributed by atoms with van der Waals surface area (Å²) < 4.78 is 1.45. The largest absolute Gasteiger partial charge is 0.141 e. The van der Waals surface area contributed by atoms with Gasteiger partial charge in [-0.2, -0.15) is 0 Å². The lowest BCUT2D eigenvalue weighted by Gasteiger charge is -2.04. The minimum atomic E-state index is 0.865. The van der Waals surface area contributed by atoms with Gasteiger partial charge in [0.05, 0.1) is 0 Å². The lowest BCUT2D eigenvalue weighted by atomic mass is 10.0. The SMILES string of the molecule is CCC.Cc1cc2ccc(CCCCCCC(C)C)cc2s1. The van der Waals surface area contributed by atoms with Crippen molar-refractivity contribution >= 4 is 21.4 Å². The van der Waals surface area contributed by atoms with Gasteiger partial charge in [0.15, 0.2) is 0 Å². The van der Waals surface area contributed by atoms with Crippen molar-refractivity contribution in [2.75, 3.05) is 0 Å². The number of thiophene rings is 1. The minimum Gasteiger partial charge on any atom is -0.141 e. The van der Waals surface area contributed by atoms with E-state index in [-0.39, 0.29) is 0 Å². The zero-order valence-electron chi connectivity index (χ0n) is 15.2. The first-order valence-electron chi connectivity index (χ1n) is 9.05. The summed E-state index contributed by atoms with van der Waals surface area (Å²) in [7, 11) is 0. The average Bonchev–Trinajstić information content (AvgIpc) is 2.82. The minimum absolute atomic E-state index is 0.865. The number of benzene rings is 1. The van der Waals surface area contributed by atoms with Crippen LogP contribution in [0, 0.1) is 12.8 Å². The summed E-state index contributed by atoms with van der Waals surface area (Å²) in [5.74, 6) is 0.865. The Hall–Kier alpha value is -0.820. The van der Waals surface area contributed by atoms with Gasteiger partial charge in [-0.05, 0) is 48.8 Å². The predicted molar refractivity (Wildman–Crippen MR) is 104 cm³/mol. The molecule has 0 unspecified atom stereocenters. The molecule has 1 aromatic heterocycles. The van der Waals surface area contributed by atoms with Crippen LogP contribution in [-0.2, 0) is 6.42 Å². The summed E-state index contributed by atoms with van der Waals surface area (Å²) >= 11 is 1.92. The molecule has 0 nitrogen and oxygen atoms in total. The van der Waals surface area contributed by atoms with E-state index in [0.717, 1.165) is 5.92 Å². The van der Waals surface area contributed by atoms with Crippen molar-refractivity contribution in [1.82, 2.24) is 0 Å². The average molecular weight is 319 g/mol. The van der Waals surface area contributed by atoms with Gasteiger partial charge >= 0.3 is 0 Å². The zero-order chi connectivity index (χ0) is 16.4. The first-order valence-corrected chi connectivity index (χ1v) is 9.87. The molecule has 1 heteroatoms. The molecule has 0 aliphatic heterocycles. The normalized spacial score (nSPS) is 10.8. The summed E-state index contributed by atoms with van der Waals surface area (Å²) in [6, 6.07) is 9.27. The highest BCUT2D eigenvalue weighted by Gasteiger charge is 2.01. The quantitative estimate of drug-likeness (QED) is 0.457. The molecule has 0 spiro atoms. The standard InChI is InChI=1S/C18H26S.C3H8/c1-14(2)8-6-4-5-7-9-16-10-11-17-12-15(3)19-18(17)13-16;1-3-2/h10-14H,4-9H2,1-3H3;3H2,1-2H3. The Kier molecular flexibility index (Phi) is 9.47. The Morgan fingerprint density at radius 2 is 1.64 bits per heavy atom. The second kappa shape index (κ2) is 10.8. The van der Waals surface area contributed by atoms with E-state index in [0.29, 0.717) is 0 Å². The first kappa shape index (κ1) is 19.2. The van der Waals surface area contributed by atoms with Crippen LogP contribution >= 0.6 is 11.3 Å². The Morgan fingerprint density at radius 1 is 0.955 bits per heavy atom. The fraction of sp³-hybridized carbons (Fsp3) is 0.619. The van der Waals surface area contributed by atoms with Crippen molar-refractivity contribution < 1.29 is 0 Å². The summed E-state index contributed by atoms with van der Waals surface area (Å²) in [6.07, 6.45) is 9.41. The molecule has 2 aromatic rings. The topological polar surface area (TPSA) is 0 Å². The highest BCUT2D eigenvalue weighted by molar-refractivity contribution is 7.19. The zero-order valence-corrected chi connectivity index (χ0v) is 16.1. The van der Waals surface area contributed by atoms with Crippen LogP contribution < -0.4 is 0 Å². The van der Waals surface area contributed by atoms with Gasteiger partial charge in [-0.15, -0.1) is 11.3 Å². The number of unbranched alkanes of at least 4 members (excludes halogenated alkanes) is 3. The molecular formula is C21H34S. The molecule has 22 heavy (non-hydrogen) atoms. The molecule has 0 bridgehead atoms. The molecule has 0 saturated heterocycles. The number of hydrogen-bond donors (Lipinski definition) is 0. The summed E-state index contributed by atoms with van der Waals surface area (Å²) in [4.78, 5) is 1.42. The van der Waals surface area contributed by atoms with Crippen LogP contribution in [0.3, 0.4) is 0 Å². The number of fused-ring (bicyclic) bond motifs is 1. The van der Waals surface area contributed by atoms with Crippen molar-refractivity contribution in [2.45, 2.75) is 79.6 Å². The Morgan fingerprint density at radius 3 is 2.32 bits per heavy atom. The van der Waals surface area contributed by atoms with Crippen LogP contribution in [0.2, 0.25) is 0 Å². The maximum absolute atomic E-state index is 2.39. The Labute approximate surface area is 142 Å². The molecule has 0 radical (unpaired) electrons. The lowest BCUT2D eigenvalue weighted by molar-refractivity contribution is 0.520. The molecule has 0 aliphatic carbocycles. The maximum Gasteiger partial charge on any atom is 0.0348 e. The third-order valence-corrected chi connectivity index (χ3v) is 4.72. The van der Waals surface area contributed by atoms with Crippen molar-refractivity contribution in [2.24, 2.45) is 5.92 Å². The molecule has 0 fully saturated rings. The fourth-order valence-corrected chi connectivity index (χ4v) is 3.59. The van der Waals surface area contributed by atoms with Crippen LogP contribution in [0.5, 0.6) is 0 Å². The van der Waals surface area contributed by atoms with Crippen LogP contribution in [0.25, 0.3) is 10.1 Å². The van der Waals surface area contributed by atoms with E-state index >= 15 is 0 Å². The highest BCUT2D eigenvalue weighted by Crippen LogP contribution is 2.26. The highest BCUT2D eigenvalue weighted by atomic mass is 32.1. The molecule has 2 rings (SSSR count). The number of hydrogen-bond acceptors (Lipinski definition) is 1. The van der Waals surface area contributed by atoms with Gasteiger partial charge in [0, 0.05) is 9.58 Å². The number of rotatable bonds is 7. The predicted octanol–water partition coefficient (Wildman–Crippen LogP) is 7.78. The van der Waals surface area contributed by atoms with Gasteiger partial charge in [-0.3, -0.25) is 0 Å². The molecular weight excluding hydrogens is 284 g/mol.